The van der Waals surface area contributed by atoms with Crippen molar-refractivity contribution >= 4 is 39.3 Å². The maximum atomic E-state index is 12.2. The van der Waals surface area contributed by atoms with Crippen LogP contribution in [0.15, 0.2) is 30.5 Å². The smallest absolute Gasteiger partial charge is 0.269 e. The van der Waals surface area contributed by atoms with Gasteiger partial charge in [-0.3, -0.25) is 9.78 Å². The lowest BCUT2D eigenvalue weighted by Crippen LogP contribution is -2.35. The topological polar surface area (TPSA) is 45.2 Å². The van der Waals surface area contributed by atoms with Crippen molar-refractivity contribution < 1.29 is 4.79 Å². The average molecular weight is 395 g/mol. The molecule has 1 aromatic heterocycles. The standard InChI is InChI=1S/C16H20IN3O/c1-3-20(4-2)9-8-18-16(21)15-10-13-12(11-19-15)6-5-7-14(13)17/h5-7,10-11H,3-4,8-9H2,1-2H3,(H,18,21)/i17-2. The zero-order chi connectivity index (χ0) is 15.2. The molecule has 2 rings (SSSR count). The number of rotatable bonds is 6. The van der Waals surface area contributed by atoms with E-state index in [1.807, 2.05) is 24.3 Å². The first-order valence-corrected chi connectivity index (χ1v) is 8.28. The number of benzene rings is 1. The molecule has 0 aliphatic rings. The zero-order valence-electron chi connectivity index (χ0n) is 12.4. The zero-order valence-corrected chi connectivity index (χ0v) is 14.6. The largest absolute Gasteiger partial charge is 0.349 e. The summed E-state index contributed by atoms with van der Waals surface area (Å²) >= 11 is 2.28. The molecule has 1 amide bonds. The van der Waals surface area contributed by atoms with Crippen molar-refractivity contribution in [2.45, 2.75) is 13.8 Å². The van der Waals surface area contributed by atoms with Crippen LogP contribution < -0.4 is 5.32 Å². The summed E-state index contributed by atoms with van der Waals surface area (Å²) in [6.07, 6.45) is 1.76. The fourth-order valence-electron chi connectivity index (χ4n) is 2.21. The highest BCUT2D eigenvalue weighted by Gasteiger charge is 2.09. The van der Waals surface area contributed by atoms with Crippen molar-refractivity contribution in [2.75, 3.05) is 26.2 Å². The van der Waals surface area contributed by atoms with E-state index in [2.05, 4.69) is 51.6 Å². The molecule has 21 heavy (non-hydrogen) atoms. The second kappa shape index (κ2) is 7.70. The normalized spacial score (nSPS) is 11.0. The number of carbonyl (C=O) groups is 1. The first-order valence-electron chi connectivity index (χ1n) is 7.20. The van der Waals surface area contributed by atoms with Gasteiger partial charge in [-0.2, -0.15) is 0 Å². The lowest BCUT2D eigenvalue weighted by molar-refractivity contribution is 0.0944. The number of hydrogen-bond acceptors (Lipinski definition) is 3. The Labute approximate surface area is 139 Å². The minimum Gasteiger partial charge on any atom is -0.349 e. The molecule has 5 heteroatoms. The van der Waals surface area contributed by atoms with Gasteiger partial charge in [0.25, 0.3) is 5.91 Å². The Morgan fingerprint density at radius 1 is 1.33 bits per heavy atom. The van der Waals surface area contributed by atoms with Crippen molar-refractivity contribution in [3.8, 4) is 0 Å². The highest BCUT2D eigenvalue weighted by Crippen LogP contribution is 2.20. The van der Waals surface area contributed by atoms with Gasteiger partial charge in [-0.1, -0.05) is 26.0 Å². The lowest BCUT2D eigenvalue weighted by Gasteiger charge is -2.17. The Kier molecular flexibility index (Phi) is 5.93. The van der Waals surface area contributed by atoms with Crippen molar-refractivity contribution in [1.29, 1.82) is 0 Å². The molecule has 0 bridgehead atoms. The molecule has 2 aromatic rings. The third-order valence-corrected chi connectivity index (χ3v) is 4.49. The average Bonchev–Trinajstić information content (AvgIpc) is 2.51. The van der Waals surface area contributed by atoms with Crippen molar-refractivity contribution in [3.63, 3.8) is 0 Å². The van der Waals surface area contributed by atoms with Crippen molar-refractivity contribution in [2.24, 2.45) is 0 Å². The number of carbonyl (C=O) groups excluding carboxylic acids is 1. The molecule has 0 saturated carbocycles. The first kappa shape index (κ1) is 16.2. The highest BCUT2D eigenvalue weighted by molar-refractivity contribution is 14.1. The second-order valence-corrected chi connectivity index (χ2v) is 5.98. The molecule has 1 N–H and O–H groups in total. The molecule has 0 fully saturated rings. The first-order chi connectivity index (χ1) is 10.2. The number of pyridine rings is 1. The second-order valence-electron chi connectivity index (χ2n) is 4.81. The highest BCUT2D eigenvalue weighted by atomic mass is 125. The van der Waals surface area contributed by atoms with Gasteiger partial charge in [-0.05, 0) is 53.2 Å². The summed E-state index contributed by atoms with van der Waals surface area (Å²) in [5.74, 6) is -0.108. The Morgan fingerprint density at radius 3 is 2.81 bits per heavy atom. The van der Waals surface area contributed by atoms with Crippen LogP contribution in [0.1, 0.15) is 24.3 Å². The van der Waals surface area contributed by atoms with Gasteiger partial charge in [-0.25, -0.2) is 0 Å². The molecule has 0 atom stereocenters. The fraction of sp³-hybridized carbons (Fsp3) is 0.375. The Bertz CT molecular complexity index is 626. The molecule has 0 aliphatic heterocycles. The van der Waals surface area contributed by atoms with E-state index in [4.69, 9.17) is 0 Å². The number of amides is 1. The number of fused-ring (bicyclic) bond motifs is 1. The maximum absolute atomic E-state index is 12.2. The van der Waals surface area contributed by atoms with E-state index in [1.54, 1.807) is 6.20 Å². The minimum atomic E-state index is -0.108. The summed E-state index contributed by atoms with van der Waals surface area (Å²) in [6, 6.07) is 7.90. The number of aromatic nitrogens is 1. The van der Waals surface area contributed by atoms with Gasteiger partial charge < -0.3 is 10.2 Å². The number of hydrogen-bond donors (Lipinski definition) is 1. The van der Waals surface area contributed by atoms with Gasteiger partial charge in [0.05, 0.1) is 0 Å². The van der Waals surface area contributed by atoms with E-state index >= 15 is 0 Å². The summed E-state index contributed by atoms with van der Waals surface area (Å²) < 4.78 is 1.13. The summed E-state index contributed by atoms with van der Waals surface area (Å²) in [5, 5.41) is 5.06. The van der Waals surface area contributed by atoms with Crippen LogP contribution in [-0.4, -0.2) is 42.0 Å². The molecular weight excluding hydrogens is 375 g/mol. The van der Waals surface area contributed by atoms with E-state index in [0.717, 1.165) is 34.0 Å². The Hall–Kier alpha value is -1.21. The summed E-state index contributed by atoms with van der Waals surface area (Å²) in [6.45, 7) is 7.75. The summed E-state index contributed by atoms with van der Waals surface area (Å²) in [4.78, 5) is 18.7. The van der Waals surface area contributed by atoms with E-state index < -0.39 is 0 Å². The third-order valence-electron chi connectivity index (χ3n) is 3.55. The molecule has 0 radical (unpaired) electrons. The minimum absolute atomic E-state index is 0.108. The van der Waals surface area contributed by atoms with Crippen LogP contribution in [0.5, 0.6) is 0 Å². The lowest BCUT2D eigenvalue weighted by atomic mass is 10.1. The predicted molar refractivity (Wildman–Crippen MR) is 94.6 cm³/mol. The van der Waals surface area contributed by atoms with Crippen LogP contribution in [0.4, 0.5) is 0 Å². The van der Waals surface area contributed by atoms with Crippen LogP contribution in [0, 0.1) is 3.57 Å². The quantitative estimate of drug-likeness (QED) is 0.766. The molecular formula is C16H20IN3O. The van der Waals surface area contributed by atoms with Crippen molar-refractivity contribution in [3.05, 3.63) is 39.7 Å². The third kappa shape index (κ3) is 4.14. The number of nitrogens with zero attached hydrogens (tertiary/aromatic N) is 2. The molecule has 4 nitrogen and oxygen atoms in total. The van der Waals surface area contributed by atoms with Gasteiger partial charge in [-0.15, -0.1) is 0 Å². The van der Waals surface area contributed by atoms with E-state index in [1.165, 1.54) is 0 Å². The summed E-state index contributed by atoms with van der Waals surface area (Å²) in [7, 11) is 0. The number of likely N-dealkylation sites (N-methyl/N-ethyl adjacent to an activating group) is 1. The molecule has 0 spiro atoms. The van der Waals surface area contributed by atoms with E-state index in [9.17, 15) is 4.79 Å². The van der Waals surface area contributed by atoms with Crippen LogP contribution in [0.25, 0.3) is 10.8 Å². The maximum Gasteiger partial charge on any atom is 0.269 e. The molecule has 1 heterocycles. The van der Waals surface area contributed by atoms with Gasteiger partial charge in [0.1, 0.15) is 5.69 Å². The van der Waals surface area contributed by atoms with Gasteiger partial charge >= 0.3 is 0 Å². The van der Waals surface area contributed by atoms with Crippen LogP contribution in [0.3, 0.4) is 0 Å². The van der Waals surface area contributed by atoms with Crippen LogP contribution in [0.2, 0.25) is 0 Å². The number of nitrogens with one attached hydrogen (secondary N) is 1. The van der Waals surface area contributed by atoms with Gasteiger partial charge in [0, 0.05) is 28.2 Å². The van der Waals surface area contributed by atoms with E-state index in [-0.39, 0.29) is 5.91 Å². The molecule has 1 aromatic carbocycles. The molecule has 0 aliphatic carbocycles. The van der Waals surface area contributed by atoms with Crippen molar-refractivity contribution in [1.82, 2.24) is 15.2 Å². The fourth-order valence-corrected chi connectivity index (χ4v) is 2.89. The molecule has 0 saturated heterocycles. The Morgan fingerprint density at radius 2 is 2.10 bits per heavy atom. The summed E-state index contributed by atoms with van der Waals surface area (Å²) in [5.41, 5.74) is 0.478. The monoisotopic (exact) mass is 395 g/mol. The van der Waals surface area contributed by atoms with Crippen LogP contribution in [-0.2, 0) is 0 Å². The van der Waals surface area contributed by atoms with Gasteiger partial charge in [0.15, 0.2) is 0 Å². The van der Waals surface area contributed by atoms with Gasteiger partial charge in [0.2, 0.25) is 0 Å². The molecule has 112 valence electrons. The predicted octanol–water partition coefficient (Wildman–Crippen LogP) is 2.91. The van der Waals surface area contributed by atoms with Crippen LogP contribution >= 0.6 is 22.6 Å². The molecule has 0 unspecified atom stereocenters. The SMILES string of the molecule is CCN(CC)CCNC(=O)c1cc2c([125I])cccc2cn1. The number of halogens is 1. The Balaban J connectivity index is 2.04. The van der Waals surface area contributed by atoms with E-state index in [0.29, 0.717) is 12.2 Å².